The zero-order chi connectivity index (χ0) is 12.8. The van der Waals surface area contributed by atoms with Gasteiger partial charge in [-0.3, -0.25) is 4.79 Å². The Morgan fingerprint density at radius 2 is 2.44 bits per heavy atom. The molecule has 1 amide bonds. The molecule has 2 N–H and O–H groups in total. The minimum Gasteiger partial charge on any atom is -0.374 e. The van der Waals surface area contributed by atoms with Crippen molar-refractivity contribution >= 4 is 17.7 Å². The average Bonchev–Trinajstić information content (AvgIpc) is 2.82. The molecule has 2 aliphatic heterocycles. The van der Waals surface area contributed by atoms with Crippen LogP contribution in [0.2, 0.25) is 0 Å². The van der Waals surface area contributed by atoms with E-state index in [1.807, 2.05) is 11.8 Å². The molecular formula is C13H24N2O2S. The topological polar surface area (TPSA) is 50.4 Å². The normalized spacial score (nSPS) is 31.7. The molecular weight excluding hydrogens is 248 g/mol. The van der Waals surface area contributed by atoms with Crippen molar-refractivity contribution in [3.8, 4) is 0 Å². The minimum absolute atomic E-state index is 0.0977. The Kier molecular flexibility index (Phi) is 5.33. The van der Waals surface area contributed by atoms with Gasteiger partial charge in [0.1, 0.15) is 0 Å². The first-order valence-corrected chi connectivity index (χ1v) is 8.11. The lowest BCUT2D eigenvalue weighted by Crippen LogP contribution is -2.49. The number of thioether (sulfide) groups is 1. The van der Waals surface area contributed by atoms with Crippen LogP contribution in [0.1, 0.15) is 32.6 Å². The summed E-state index contributed by atoms with van der Waals surface area (Å²) in [5.74, 6) is 2.44. The Hall–Kier alpha value is -0.260. The molecule has 2 fully saturated rings. The first kappa shape index (κ1) is 14.2. The van der Waals surface area contributed by atoms with Crippen LogP contribution >= 0.6 is 11.8 Å². The smallest absolute Gasteiger partial charge is 0.233 e. The lowest BCUT2D eigenvalue weighted by atomic mass is 9.90. The highest BCUT2D eigenvalue weighted by Crippen LogP contribution is 2.38. The zero-order valence-corrected chi connectivity index (χ0v) is 12.0. The predicted octanol–water partition coefficient (Wildman–Crippen LogP) is 1.16. The molecule has 1 spiro atoms. The van der Waals surface area contributed by atoms with Crippen LogP contribution in [-0.4, -0.2) is 48.8 Å². The van der Waals surface area contributed by atoms with Gasteiger partial charge in [0.25, 0.3) is 0 Å². The summed E-state index contributed by atoms with van der Waals surface area (Å²) in [6.45, 7) is 4.10. The van der Waals surface area contributed by atoms with E-state index in [0.717, 1.165) is 44.6 Å². The number of nitrogens with one attached hydrogen (secondary N) is 2. The molecule has 2 saturated heterocycles. The molecule has 2 atom stereocenters. The summed E-state index contributed by atoms with van der Waals surface area (Å²) in [7, 11) is 0. The van der Waals surface area contributed by atoms with E-state index in [1.54, 1.807) is 0 Å². The Morgan fingerprint density at radius 1 is 1.56 bits per heavy atom. The fourth-order valence-corrected chi connectivity index (χ4v) is 4.01. The first-order chi connectivity index (χ1) is 8.74. The van der Waals surface area contributed by atoms with Gasteiger partial charge in [-0.1, -0.05) is 6.92 Å². The molecule has 104 valence electrons. The van der Waals surface area contributed by atoms with Crippen molar-refractivity contribution in [2.24, 2.45) is 0 Å². The molecule has 0 aliphatic carbocycles. The van der Waals surface area contributed by atoms with Crippen LogP contribution in [0.5, 0.6) is 0 Å². The van der Waals surface area contributed by atoms with Crippen molar-refractivity contribution in [2.75, 3.05) is 31.2 Å². The molecule has 2 heterocycles. The molecule has 0 radical (unpaired) electrons. The second kappa shape index (κ2) is 6.78. The SMILES string of the molecule is CCCNC(=O)CNC1CCOC2(CCSC2)C1. The van der Waals surface area contributed by atoms with Crippen molar-refractivity contribution in [1.29, 1.82) is 0 Å². The van der Waals surface area contributed by atoms with Gasteiger partial charge in [-0.05, 0) is 31.4 Å². The van der Waals surface area contributed by atoms with E-state index >= 15 is 0 Å². The van der Waals surface area contributed by atoms with Crippen molar-refractivity contribution in [3.05, 3.63) is 0 Å². The van der Waals surface area contributed by atoms with Crippen molar-refractivity contribution in [3.63, 3.8) is 0 Å². The zero-order valence-electron chi connectivity index (χ0n) is 11.2. The van der Waals surface area contributed by atoms with Crippen LogP contribution < -0.4 is 10.6 Å². The van der Waals surface area contributed by atoms with Crippen LogP contribution in [-0.2, 0) is 9.53 Å². The Bertz CT molecular complexity index is 280. The standard InChI is InChI=1S/C13H24N2O2S/c1-2-5-14-12(16)9-15-11-3-6-17-13(8-11)4-7-18-10-13/h11,15H,2-10H2,1H3,(H,14,16). The molecule has 4 nitrogen and oxygen atoms in total. The van der Waals surface area contributed by atoms with E-state index in [2.05, 4.69) is 17.6 Å². The van der Waals surface area contributed by atoms with Crippen LogP contribution in [0.3, 0.4) is 0 Å². The van der Waals surface area contributed by atoms with Crippen LogP contribution in [0.15, 0.2) is 0 Å². The second-order valence-corrected chi connectivity index (χ2v) is 6.36. The monoisotopic (exact) mass is 272 g/mol. The lowest BCUT2D eigenvalue weighted by molar-refractivity contribution is -0.121. The Balaban J connectivity index is 1.71. The van der Waals surface area contributed by atoms with E-state index in [4.69, 9.17) is 4.74 Å². The van der Waals surface area contributed by atoms with E-state index < -0.39 is 0 Å². The van der Waals surface area contributed by atoms with E-state index in [0.29, 0.717) is 12.6 Å². The third-order valence-corrected chi connectivity index (χ3v) is 4.91. The molecule has 5 heteroatoms. The third-order valence-electron chi connectivity index (χ3n) is 3.68. The Morgan fingerprint density at radius 3 is 3.17 bits per heavy atom. The van der Waals surface area contributed by atoms with Gasteiger partial charge in [-0.2, -0.15) is 11.8 Å². The molecule has 0 saturated carbocycles. The number of rotatable bonds is 5. The van der Waals surface area contributed by atoms with E-state index in [-0.39, 0.29) is 11.5 Å². The predicted molar refractivity (Wildman–Crippen MR) is 75.0 cm³/mol. The molecule has 2 aliphatic rings. The lowest BCUT2D eigenvalue weighted by Gasteiger charge is -2.38. The minimum atomic E-state index is 0.0977. The first-order valence-electron chi connectivity index (χ1n) is 6.96. The van der Waals surface area contributed by atoms with Gasteiger partial charge in [0.05, 0.1) is 12.1 Å². The summed E-state index contributed by atoms with van der Waals surface area (Å²) >= 11 is 1.98. The number of hydrogen-bond acceptors (Lipinski definition) is 4. The van der Waals surface area contributed by atoms with Gasteiger partial charge in [0.2, 0.25) is 5.91 Å². The largest absolute Gasteiger partial charge is 0.374 e. The molecule has 0 aromatic carbocycles. The number of carbonyl (C=O) groups excluding carboxylic acids is 1. The molecule has 0 aromatic heterocycles. The van der Waals surface area contributed by atoms with Crippen LogP contribution in [0.4, 0.5) is 0 Å². The summed E-state index contributed by atoms with van der Waals surface area (Å²) < 4.78 is 5.97. The fraction of sp³-hybridized carbons (Fsp3) is 0.923. The number of carbonyl (C=O) groups is 1. The van der Waals surface area contributed by atoms with Gasteiger partial charge in [0.15, 0.2) is 0 Å². The highest BCUT2D eigenvalue weighted by atomic mass is 32.2. The van der Waals surface area contributed by atoms with Gasteiger partial charge in [-0.15, -0.1) is 0 Å². The molecule has 0 bridgehead atoms. The quantitative estimate of drug-likeness (QED) is 0.788. The fourth-order valence-electron chi connectivity index (χ4n) is 2.63. The van der Waals surface area contributed by atoms with Crippen LogP contribution in [0.25, 0.3) is 0 Å². The number of hydrogen-bond donors (Lipinski definition) is 2. The van der Waals surface area contributed by atoms with E-state index in [1.165, 1.54) is 5.75 Å². The van der Waals surface area contributed by atoms with E-state index in [9.17, 15) is 4.79 Å². The molecule has 0 aromatic rings. The molecule has 18 heavy (non-hydrogen) atoms. The van der Waals surface area contributed by atoms with Crippen LogP contribution in [0, 0.1) is 0 Å². The summed E-state index contributed by atoms with van der Waals surface area (Å²) in [5.41, 5.74) is 0.0977. The third kappa shape index (κ3) is 3.87. The molecule has 2 rings (SSSR count). The maximum absolute atomic E-state index is 11.5. The summed E-state index contributed by atoms with van der Waals surface area (Å²) in [4.78, 5) is 11.5. The van der Waals surface area contributed by atoms with Gasteiger partial charge in [-0.25, -0.2) is 0 Å². The second-order valence-electron chi connectivity index (χ2n) is 5.25. The summed E-state index contributed by atoms with van der Waals surface area (Å²) in [5, 5.41) is 6.28. The molecule has 2 unspecified atom stereocenters. The highest BCUT2D eigenvalue weighted by Gasteiger charge is 2.40. The van der Waals surface area contributed by atoms with Crippen molar-refractivity contribution in [2.45, 2.75) is 44.2 Å². The average molecular weight is 272 g/mol. The van der Waals surface area contributed by atoms with Crippen molar-refractivity contribution in [1.82, 2.24) is 10.6 Å². The maximum Gasteiger partial charge on any atom is 0.233 e. The summed E-state index contributed by atoms with van der Waals surface area (Å²) in [6.07, 6.45) is 4.23. The van der Waals surface area contributed by atoms with Gasteiger partial charge < -0.3 is 15.4 Å². The Labute approximate surface area is 114 Å². The maximum atomic E-state index is 11.5. The number of ether oxygens (including phenoxy) is 1. The van der Waals surface area contributed by atoms with Crippen molar-refractivity contribution < 1.29 is 9.53 Å². The number of amides is 1. The van der Waals surface area contributed by atoms with Gasteiger partial charge >= 0.3 is 0 Å². The van der Waals surface area contributed by atoms with Gasteiger partial charge in [0, 0.05) is 24.9 Å². The highest BCUT2D eigenvalue weighted by molar-refractivity contribution is 7.99. The summed E-state index contributed by atoms with van der Waals surface area (Å²) in [6, 6.07) is 0.435.